The van der Waals surface area contributed by atoms with Crippen molar-refractivity contribution in [1.82, 2.24) is 0 Å². The second kappa shape index (κ2) is 4.65. The lowest BCUT2D eigenvalue weighted by Gasteiger charge is -2.14. The molecule has 17 heavy (non-hydrogen) atoms. The maximum atomic E-state index is 12.4. The number of ether oxygens (including phenoxy) is 2. The first-order valence-corrected chi connectivity index (χ1v) is 4.65. The van der Waals surface area contributed by atoms with E-state index in [1.54, 1.807) is 0 Å². The number of carbonyl (C=O) groups is 1. The maximum Gasteiger partial charge on any atom is 0.455 e. The van der Waals surface area contributed by atoms with Crippen LogP contribution >= 0.6 is 0 Å². The van der Waals surface area contributed by atoms with Crippen LogP contribution in [-0.4, -0.2) is 26.2 Å². The van der Waals surface area contributed by atoms with E-state index in [1.807, 2.05) is 0 Å². The number of benzene rings is 1. The van der Waals surface area contributed by atoms with Crippen molar-refractivity contribution < 1.29 is 27.4 Å². The summed E-state index contributed by atoms with van der Waals surface area (Å²) in [6.07, 6.45) is -4.92. The Morgan fingerprint density at radius 2 is 1.76 bits per heavy atom. The van der Waals surface area contributed by atoms with E-state index in [4.69, 9.17) is 9.47 Å². The maximum absolute atomic E-state index is 12.4. The molecule has 0 saturated heterocycles. The molecule has 1 rings (SSSR count). The van der Waals surface area contributed by atoms with Crippen LogP contribution in [-0.2, 0) is 0 Å². The number of hydrogen-bond acceptors (Lipinski definition) is 3. The van der Waals surface area contributed by atoms with Gasteiger partial charge in [0, 0.05) is 6.07 Å². The zero-order chi connectivity index (χ0) is 13.2. The molecule has 6 heteroatoms. The Balaban J connectivity index is 3.38. The predicted octanol–water partition coefficient (Wildman–Crippen LogP) is 2.76. The zero-order valence-corrected chi connectivity index (χ0v) is 9.51. The molecular weight excluding hydrogens is 237 g/mol. The molecule has 0 fully saturated rings. The molecule has 0 heterocycles. The summed E-state index contributed by atoms with van der Waals surface area (Å²) in [7, 11) is 2.57. The van der Waals surface area contributed by atoms with Crippen molar-refractivity contribution in [3.63, 3.8) is 0 Å². The van der Waals surface area contributed by atoms with E-state index in [-0.39, 0.29) is 11.3 Å². The Bertz CT molecular complexity index is 438. The fraction of sp³-hybridized carbons (Fsp3) is 0.364. The molecule has 0 atom stereocenters. The van der Waals surface area contributed by atoms with Crippen LogP contribution in [0, 0.1) is 6.92 Å². The monoisotopic (exact) mass is 248 g/mol. The van der Waals surface area contributed by atoms with E-state index in [0.717, 1.165) is 0 Å². The zero-order valence-electron chi connectivity index (χ0n) is 9.51. The number of alkyl halides is 3. The largest absolute Gasteiger partial charge is 0.497 e. The summed E-state index contributed by atoms with van der Waals surface area (Å²) < 4.78 is 46.8. The minimum atomic E-state index is -4.92. The van der Waals surface area contributed by atoms with Gasteiger partial charge >= 0.3 is 6.18 Å². The van der Waals surface area contributed by atoms with Gasteiger partial charge in [0.1, 0.15) is 11.5 Å². The molecule has 1 aromatic rings. The van der Waals surface area contributed by atoms with Gasteiger partial charge in [-0.1, -0.05) is 0 Å². The van der Waals surface area contributed by atoms with E-state index in [9.17, 15) is 18.0 Å². The van der Waals surface area contributed by atoms with Gasteiger partial charge < -0.3 is 9.47 Å². The molecule has 3 nitrogen and oxygen atoms in total. The highest BCUT2D eigenvalue weighted by atomic mass is 19.4. The van der Waals surface area contributed by atoms with Crippen LogP contribution < -0.4 is 9.47 Å². The van der Waals surface area contributed by atoms with Crippen molar-refractivity contribution in [2.24, 2.45) is 0 Å². The highest BCUT2D eigenvalue weighted by molar-refractivity contribution is 6.04. The van der Waals surface area contributed by atoms with Crippen LogP contribution in [0.5, 0.6) is 11.5 Å². The molecule has 0 unspecified atom stereocenters. The third kappa shape index (κ3) is 2.69. The quantitative estimate of drug-likeness (QED) is 0.771. The second-order valence-corrected chi connectivity index (χ2v) is 3.35. The molecule has 0 aliphatic heterocycles. The Hall–Kier alpha value is -1.72. The second-order valence-electron chi connectivity index (χ2n) is 3.35. The van der Waals surface area contributed by atoms with Crippen molar-refractivity contribution in [1.29, 1.82) is 0 Å². The fourth-order valence-electron chi connectivity index (χ4n) is 1.43. The van der Waals surface area contributed by atoms with Gasteiger partial charge in [-0.25, -0.2) is 0 Å². The summed E-state index contributed by atoms with van der Waals surface area (Å²) in [5.74, 6) is -1.74. The van der Waals surface area contributed by atoms with E-state index in [0.29, 0.717) is 5.75 Å². The van der Waals surface area contributed by atoms with Crippen LogP contribution in [0.1, 0.15) is 15.9 Å². The molecule has 0 amide bonds. The Morgan fingerprint density at radius 1 is 1.18 bits per heavy atom. The van der Waals surface area contributed by atoms with Crippen LogP contribution in [0.3, 0.4) is 0 Å². The van der Waals surface area contributed by atoms with Crippen molar-refractivity contribution in [3.8, 4) is 11.5 Å². The highest BCUT2D eigenvalue weighted by Gasteiger charge is 2.41. The average molecular weight is 248 g/mol. The molecule has 94 valence electrons. The normalized spacial score (nSPS) is 11.2. The summed E-state index contributed by atoms with van der Waals surface area (Å²) in [5.41, 5.74) is -0.329. The molecule has 0 bridgehead atoms. The minimum Gasteiger partial charge on any atom is -0.497 e. The van der Waals surface area contributed by atoms with E-state index in [2.05, 4.69) is 0 Å². The van der Waals surface area contributed by atoms with Crippen molar-refractivity contribution in [2.75, 3.05) is 14.2 Å². The van der Waals surface area contributed by atoms with Crippen molar-refractivity contribution in [3.05, 3.63) is 23.3 Å². The van der Waals surface area contributed by atoms with Gasteiger partial charge in [-0.2, -0.15) is 13.2 Å². The standard InChI is InChI=1S/C11H11F3O3/c1-6-4-7(16-2)5-8(17-3)9(6)10(15)11(12,13)14/h4-5H,1-3H3. The molecule has 0 radical (unpaired) electrons. The van der Waals surface area contributed by atoms with Gasteiger partial charge in [0.05, 0.1) is 19.8 Å². The van der Waals surface area contributed by atoms with Crippen LogP contribution in [0.25, 0.3) is 0 Å². The molecule has 0 saturated carbocycles. The Labute approximate surface area is 96.1 Å². The topological polar surface area (TPSA) is 35.5 Å². The van der Waals surface area contributed by atoms with Crippen LogP contribution in [0.15, 0.2) is 12.1 Å². The number of halogens is 3. The number of methoxy groups -OCH3 is 2. The lowest BCUT2D eigenvalue weighted by molar-refractivity contribution is -0.0887. The third-order valence-electron chi connectivity index (χ3n) is 2.21. The number of rotatable bonds is 3. The SMILES string of the molecule is COc1cc(C)c(C(=O)C(F)(F)F)c(OC)c1. The Morgan fingerprint density at radius 3 is 2.18 bits per heavy atom. The molecular formula is C11H11F3O3. The summed E-state index contributed by atoms with van der Waals surface area (Å²) in [4.78, 5) is 11.2. The molecule has 0 N–H and O–H groups in total. The van der Waals surface area contributed by atoms with Crippen LogP contribution in [0.4, 0.5) is 13.2 Å². The number of carbonyl (C=O) groups excluding carboxylic acids is 1. The summed E-state index contributed by atoms with van der Waals surface area (Å²) in [6.45, 7) is 1.39. The van der Waals surface area contributed by atoms with Gasteiger partial charge in [-0.15, -0.1) is 0 Å². The summed E-state index contributed by atoms with van der Waals surface area (Å²) in [5, 5.41) is 0. The van der Waals surface area contributed by atoms with Crippen molar-refractivity contribution >= 4 is 5.78 Å². The summed E-state index contributed by atoms with van der Waals surface area (Å²) >= 11 is 0. The first-order valence-electron chi connectivity index (χ1n) is 4.65. The van der Waals surface area contributed by atoms with E-state index in [1.165, 1.54) is 33.3 Å². The molecule has 0 spiro atoms. The molecule has 1 aromatic carbocycles. The third-order valence-corrected chi connectivity index (χ3v) is 2.21. The average Bonchev–Trinajstić information content (AvgIpc) is 2.25. The Kier molecular flexibility index (Phi) is 3.65. The summed E-state index contributed by atoms with van der Waals surface area (Å²) in [6, 6.07) is 2.59. The molecule has 0 aromatic heterocycles. The molecule has 0 aliphatic carbocycles. The van der Waals surface area contributed by atoms with Gasteiger partial charge in [0.2, 0.25) is 0 Å². The number of ketones is 1. The van der Waals surface area contributed by atoms with Crippen LogP contribution in [0.2, 0.25) is 0 Å². The van der Waals surface area contributed by atoms with Gasteiger partial charge in [0.25, 0.3) is 5.78 Å². The number of hydrogen-bond donors (Lipinski definition) is 0. The lowest BCUT2D eigenvalue weighted by atomic mass is 10.0. The molecule has 0 aliphatic rings. The van der Waals surface area contributed by atoms with Gasteiger partial charge in [-0.05, 0) is 18.6 Å². The van der Waals surface area contributed by atoms with E-state index < -0.39 is 17.5 Å². The predicted molar refractivity (Wildman–Crippen MR) is 54.7 cm³/mol. The lowest BCUT2D eigenvalue weighted by Crippen LogP contribution is -2.24. The van der Waals surface area contributed by atoms with Gasteiger partial charge in [0.15, 0.2) is 0 Å². The fourth-order valence-corrected chi connectivity index (χ4v) is 1.43. The smallest absolute Gasteiger partial charge is 0.455 e. The van der Waals surface area contributed by atoms with Gasteiger partial charge in [-0.3, -0.25) is 4.79 Å². The first-order chi connectivity index (χ1) is 7.81. The first kappa shape index (κ1) is 13.3. The minimum absolute atomic E-state index is 0.149. The van der Waals surface area contributed by atoms with Crippen molar-refractivity contribution in [2.45, 2.75) is 13.1 Å². The number of Topliss-reactive ketones (excluding diaryl/α,β-unsaturated/α-hetero) is 1. The highest BCUT2D eigenvalue weighted by Crippen LogP contribution is 2.33. The van der Waals surface area contributed by atoms with E-state index >= 15 is 0 Å². The number of aryl methyl sites for hydroxylation is 1.